The van der Waals surface area contributed by atoms with Crippen molar-refractivity contribution in [2.75, 3.05) is 21.3 Å². The van der Waals surface area contributed by atoms with E-state index < -0.39 is 12.3 Å². The van der Waals surface area contributed by atoms with Gasteiger partial charge in [0.2, 0.25) is 0 Å². The van der Waals surface area contributed by atoms with E-state index in [0.717, 1.165) is 0 Å². The summed E-state index contributed by atoms with van der Waals surface area (Å²) in [7, 11) is 4.00. The number of methoxy groups -OCH3 is 3. The van der Waals surface area contributed by atoms with Crippen LogP contribution in [0.4, 0.5) is 0 Å². The Morgan fingerprint density at radius 3 is 1.55 bits per heavy atom. The topological polar surface area (TPSA) is 44.8 Å². The Labute approximate surface area is 68.4 Å². The van der Waals surface area contributed by atoms with Gasteiger partial charge in [-0.15, -0.1) is 0 Å². The van der Waals surface area contributed by atoms with Gasteiger partial charge < -0.3 is 14.2 Å². The molecule has 0 aromatic rings. The normalized spacial score (nSPS) is 8.00. The van der Waals surface area contributed by atoms with E-state index in [0.29, 0.717) is 0 Å². The lowest BCUT2D eigenvalue weighted by Crippen LogP contribution is -2.25. The van der Waals surface area contributed by atoms with Gasteiger partial charge in [-0.3, -0.25) is 0 Å². The number of esters is 1. The molecular weight excluding hydrogens is 148 g/mol. The molecule has 0 saturated heterocycles. The van der Waals surface area contributed by atoms with Crippen LogP contribution in [0.5, 0.6) is 0 Å². The zero-order chi connectivity index (χ0) is 7.28. The molecule has 0 spiro atoms. The third kappa shape index (κ3) is 5.82. The van der Waals surface area contributed by atoms with E-state index in [2.05, 4.69) is 14.2 Å². The molecule has 0 rings (SSSR count). The van der Waals surface area contributed by atoms with Gasteiger partial charge in [0.05, 0.1) is 7.11 Å². The molecule has 0 atom stereocenters. The Morgan fingerprint density at radius 2 is 1.45 bits per heavy atom. The minimum atomic E-state index is -0.894. The molecule has 0 N–H and O–H groups in total. The highest BCUT2D eigenvalue weighted by molar-refractivity contribution is 5.72. The van der Waals surface area contributed by atoms with E-state index in [-0.39, 0.29) is 14.9 Å². The Morgan fingerprint density at radius 1 is 1.09 bits per heavy atom. The number of hydrogen-bond acceptors (Lipinski definition) is 4. The number of ether oxygens (including phenoxy) is 3. The van der Waals surface area contributed by atoms with Crippen LogP contribution in [0.1, 0.15) is 14.9 Å². The summed E-state index contributed by atoms with van der Waals surface area (Å²) in [6.45, 7) is 0. The van der Waals surface area contributed by atoms with Crippen LogP contribution in [-0.2, 0) is 19.0 Å². The van der Waals surface area contributed by atoms with E-state index in [1.165, 1.54) is 21.3 Å². The summed E-state index contributed by atoms with van der Waals surface area (Å²) < 4.78 is 13.4. The third-order valence-electron chi connectivity index (χ3n) is 0.822. The lowest BCUT2D eigenvalue weighted by molar-refractivity contribution is -0.180. The first kappa shape index (κ1) is 16.8. The van der Waals surface area contributed by atoms with E-state index >= 15 is 0 Å². The van der Waals surface area contributed by atoms with Gasteiger partial charge in [0.25, 0.3) is 6.29 Å². The molecule has 0 heterocycles. The standard InChI is InChI=1S/C5H10O4.2CH4/c1-7-4(6)5(8-2)9-3;;/h5H,1-3H3;2*1H4. The molecule has 0 aliphatic heterocycles. The van der Waals surface area contributed by atoms with E-state index in [4.69, 9.17) is 0 Å². The summed E-state index contributed by atoms with van der Waals surface area (Å²) in [5.41, 5.74) is 0. The molecule has 4 heteroatoms. The second-order valence-corrected chi connectivity index (χ2v) is 1.33. The van der Waals surface area contributed by atoms with Crippen molar-refractivity contribution in [3.63, 3.8) is 0 Å². The molecule has 70 valence electrons. The summed E-state index contributed by atoms with van der Waals surface area (Å²) >= 11 is 0. The largest absolute Gasteiger partial charge is 0.465 e. The number of hydrogen-bond donors (Lipinski definition) is 0. The highest BCUT2D eigenvalue weighted by Gasteiger charge is 2.15. The second-order valence-electron chi connectivity index (χ2n) is 1.33. The van der Waals surface area contributed by atoms with E-state index in [1.807, 2.05) is 0 Å². The summed E-state index contributed by atoms with van der Waals surface area (Å²) in [4.78, 5) is 10.5. The van der Waals surface area contributed by atoms with Gasteiger partial charge in [0.15, 0.2) is 0 Å². The van der Waals surface area contributed by atoms with Crippen molar-refractivity contribution in [3.8, 4) is 0 Å². The molecule has 0 fully saturated rings. The molecule has 0 aliphatic rings. The summed E-state index contributed by atoms with van der Waals surface area (Å²) in [5.74, 6) is -0.528. The van der Waals surface area contributed by atoms with Crippen LogP contribution >= 0.6 is 0 Å². The molecule has 0 amide bonds. The van der Waals surface area contributed by atoms with E-state index in [9.17, 15) is 4.79 Å². The summed E-state index contributed by atoms with van der Waals surface area (Å²) in [6.07, 6.45) is -0.894. The van der Waals surface area contributed by atoms with Crippen molar-refractivity contribution in [2.24, 2.45) is 0 Å². The fourth-order valence-electron chi connectivity index (χ4n) is 0.385. The van der Waals surface area contributed by atoms with Crippen LogP contribution in [0, 0.1) is 0 Å². The minimum Gasteiger partial charge on any atom is -0.465 e. The van der Waals surface area contributed by atoms with Crippen LogP contribution in [0.3, 0.4) is 0 Å². The second kappa shape index (κ2) is 9.39. The molecule has 0 aliphatic carbocycles. The highest BCUT2D eigenvalue weighted by Crippen LogP contribution is 1.91. The van der Waals surface area contributed by atoms with Gasteiger partial charge in [-0.1, -0.05) is 14.9 Å². The Kier molecular flexibility index (Phi) is 14.3. The van der Waals surface area contributed by atoms with Crippen molar-refractivity contribution in [2.45, 2.75) is 21.1 Å². The summed E-state index contributed by atoms with van der Waals surface area (Å²) in [5, 5.41) is 0. The van der Waals surface area contributed by atoms with Crippen LogP contribution in [0.15, 0.2) is 0 Å². The van der Waals surface area contributed by atoms with E-state index in [1.54, 1.807) is 0 Å². The molecule has 0 bridgehead atoms. The third-order valence-corrected chi connectivity index (χ3v) is 0.822. The molecule has 0 radical (unpaired) electrons. The maximum Gasteiger partial charge on any atom is 0.363 e. The van der Waals surface area contributed by atoms with Crippen LogP contribution in [-0.4, -0.2) is 33.6 Å². The lowest BCUT2D eigenvalue weighted by Gasteiger charge is -2.08. The Hall–Kier alpha value is -0.610. The average molecular weight is 166 g/mol. The van der Waals surface area contributed by atoms with Crippen molar-refractivity contribution in [1.29, 1.82) is 0 Å². The molecular formula is C7H18O4. The predicted molar refractivity (Wildman–Crippen MR) is 43.3 cm³/mol. The number of carbonyl (C=O) groups excluding carboxylic acids is 1. The SMILES string of the molecule is C.C.COC(=O)C(OC)OC. The number of rotatable bonds is 3. The van der Waals surface area contributed by atoms with Gasteiger partial charge in [-0.2, -0.15) is 0 Å². The highest BCUT2D eigenvalue weighted by atomic mass is 16.7. The first-order chi connectivity index (χ1) is 4.26. The number of carbonyl (C=O) groups is 1. The van der Waals surface area contributed by atoms with Crippen LogP contribution < -0.4 is 0 Å². The predicted octanol–water partition coefficient (Wildman–Crippen LogP) is 1.05. The van der Waals surface area contributed by atoms with Gasteiger partial charge in [0, 0.05) is 14.2 Å². The Balaban J connectivity index is -0.000000320. The van der Waals surface area contributed by atoms with Crippen molar-refractivity contribution in [3.05, 3.63) is 0 Å². The molecule has 0 unspecified atom stereocenters. The molecule has 0 aromatic heterocycles. The van der Waals surface area contributed by atoms with Gasteiger partial charge in [-0.25, -0.2) is 4.79 Å². The quantitative estimate of drug-likeness (QED) is 0.464. The molecule has 0 aromatic carbocycles. The zero-order valence-electron chi connectivity index (χ0n) is 5.71. The summed E-state index contributed by atoms with van der Waals surface area (Å²) in [6, 6.07) is 0. The van der Waals surface area contributed by atoms with Crippen molar-refractivity contribution in [1.82, 2.24) is 0 Å². The van der Waals surface area contributed by atoms with Crippen molar-refractivity contribution >= 4 is 5.97 Å². The monoisotopic (exact) mass is 166 g/mol. The average Bonchev–Trinajstić information content (AvgIpc) is 1.90. The Bertz CT molecular complexity index is 88.4. The first-order valence-corrected chi connectivity index (χ1v) is 2.39. The maximum absolute atomic E-state index is 10.5. The van der Waals surface area contributed by atoms with Crippen LogP contribution in [0.2, 0.25) is 0 Å². The van der Waals surface area contributed by atoms with Crippen LogP contribution in [0.25, 0.3) is 0 Å². The zero-order valence-corrected chi connectivity index (χ0v) is 5.71. The fraction of sp³-hybridized carbons (Fsp3) is 0.857. The molecule has 0 saturated carbocycles. The smallest absolute Gasteiger partial charge is 0.363 e. The van der Waals surface area contributed by atoms with Gasteiger partial charge in [-0.05, 0) is 0 Å². The van der Waals surface area contributed by atoms with Gasteiger partial charge >= 0.3 is 5.97 Å². The van der Waals surface area contributed by atoms with Crippen molar-refractivity contribution < 1.29 is 19.0 Å². The molecule has 11 heavy (non-hydrogen) atoms. The fourth-order valence-corrected chi connectivity index (χ4v) is 0.385. The van der Waals surface area contributed by atoms with Gasteiger partial charge in [0.1, 0.15) is 0 Å². The maximum atomic E-state index is 10.5. The first-order valence-electron chi connectivity index (χ1n) is 2.39. The lowest BCUT2D eigenvalue weighted by atomic mass is 10.6. The molecule has 4 nitrogen and oxygen atoms in total. The minimum absolute atomic E-state index is 0.